The molecule has 3 fully saturated rings. The van der Waals surface area contributed by atoms with E-state index >= 15 is 0 Å². The van der Waals surface area contributed by atoms with Gasteiger partial charge in [-0.15, -0.1) is 0 Å². The van der Waals surface area contributed by atoms with E-state index in [1.165, 1.54) is 31.2 Å². The van der Waals surface area contributed by atoms with Gasteiger partial charge in [0.1, 0.15) is 5.75 Å². The van der Waals surface area contributed by atoms with Crippen molar-refractivity contribution in [2.24, 2.45) is 16.3 Å². The Labute approximate surface area is 156 Å². The minimum atomic E-state index is 0.362. The summed E-state index contributed by atoms with van der Waals surface area (Å²) in [5.74, 6) is 2.58. The van der Waals surface area contributed by atoms with Gasteiger partial charge in [-0.05, 0) is 32.3 Å². The molecule has 3 atom stereocenters. The Morgan fingerprint density at radius 1 is 1.38 bits per heavy atom. The minimum absolute atomic E-state index is 0.362. The van der Waals surface area contributed by atoms with E-state index in [-0.39, 0.29) is 0 Å². The number of guanidine groups is 1. The number of rotatable bonds is 5. The van der Waals surface area contributed by atoms with Crippen LogP contribution in [0.1, 0.15) is 38.2 Å². The Kier molecular flexibility index (Phi) is 4.82. The molecule has 2 aliphatic carbocycles. The number of fused-ring (bicyclic) bond motifs is 2. The highest BCUT2D eigenvalue weighted by molar-refractivity contribution is 5.80. The first-order valence-corrected chi connectivity index (χ1v) is 9.95. The van der Waals surface area contributed by atoms with Crippen molar-refractivity contribution < 1.29 is 9.47 Å². The van der Waals surface area contributed by atoms with Crippen molar-refractivity contribution >= 4 is 5.96 Å². The van der Waals surface area contributed by atoms with E-state index in [4.69, 9.17) is 14.5 Å². The predicted octanol–water partition coefficient (Wildman–Crippen LogP) is 3.05. The van der Waals surface area contributed by atoms with Crippen LogP contribution >= 0.6 is 0 Å². The molecule has 1 aromatic rings. The van der Waals surface area contributed by atoms with E-state index < -0.39 is 0 Å². The zero-order valence-electron chi connectivity index (χ0n) is 16.2. The molecule has 4 rings (SSSR count). The molecule has 0 amide bonds. The molecule has 0 aromatic heterocycles. The largest absolute Gasteiger partial charge is 0.496 e. The van der Waals surface area contributed by atoms with E-state index in [9.17, 15) is 0 Å². The van der Waals surface area contributed by atoms with E-state index in [2.05, 4.69) is 36.3 Å². The zero-order valence-corrected chi connectivity index (χ0v) is 16.2. The summed E-state index contributed by atoms with van der Waals surface area (Å²) in [6, 6.07) is 8.72. The summed E-state index contributed by atoms with van der Waals surface area (Å²) in [6.45, 7) is 4.58. The third kappa shape index (κ3) is 2.77. The lowest BCUT2D eigenvalue weighted by molar-refractivity contribution is -0.171. The quantitative estimate of drug-likeness (QED) is 0.650. The van der Waals surface area contributed by atoms with Gasteiger partial charge < -0.3 is 19.7 Å². The average molecular weight is 357 g/mol. The van der Waals surface area contributed by atoms with Crippen molar-refractivity contribution in [3.8, 4) is 5.75 Å². The van der Waals surface area contributed by atoms with Crippen LogP contribution in [-0.2, 0) is 11.3 Å². The Morgan fingerprint density at radius 2 is 2.19 bits per heavy atom. The van der Waals surface area contributed by atoms with Crippen LogP contribution in [0, 0.1) is 11.3 Å². The van der Waals surface area contributed by atoms with Crippen LogP contribution < -0.4 is 10.1 Å². The van der Waals surface area contributed by atoms with Crippen LogP contribution in [0.25, 0.3) is 0 Å². The van der Waals surface area contributed by atoms with Crippen molar-refractivity contribution in [1.82, 2.24) is 10.2 Å². The summed E-state index contributed by atoms with van der Waals surface area (Å²) in [5, 5.41) is 3.83. The van der Waals surface area contributed by atoms with Gasteiger partial charge in [0.25, 0.3) is 0 Å². The fraction of sp³-hybridized carbons (Fsp3) is 0.667. The van der Waals surface area contributed by atoms with Crippen LogP contribution in [0.3, 0.4) is 0 Å². The fourth-order valence-electron chi connectivity index (χ4n) is 5.19. The molecule has 1 aliphatic heterocycles. The lowest BCUT2D eigenvalue weighted by Gasteiger charge is -2.63. The van der Waals surface area contributed by atoms with Gasteiger partial charge in [0.2, 0.25) is 0 Å². The first-order chi connectivity index (χ1) is 12.7. The third-order valence-electron chi connectivity index (χ3n) is 6.59. The number of methoxy groups -OCH3 is 1. The van der Waals surface area contributed by atoms with Gasteiger partial charge in [-0.25, -0.2) is 0 Å². The minimum Gasteiger partial charge on any atom is -0.496 e. The molecule has 26 heavy (non-hydrogen) atoms. The first-order valence-electron chi connectivity index (χ1n) is 9.95. The van der Waals surface area contributed by atoms with Gasteiger partial charge in [0, 0.05) is 49.7 Å². The van der Waals surface area contributed by atoms with Gasteiger partial charge in [-0.3, -0.25) is 4.99 Å². The highest BCUT2D eigenvalue weighted by Gasteiger charge is 2.66. The predicted molar refractivity (Wildman–Crippen MR) is 103 cm³/mol. The molecular formula is C21H31N3O2. The fourth-order valence-corrected chi connectivity index (χ4v) is 5.19. The van der Waals surface area contributed by atoms with Crippen LogP contribution in [0.15, 0.2) is 29.3 Å². The summed E-state index contributed by atoms with van der Waals surface area (Å²) >= 11 is 0. The Balaban J connectivity index is 1.48. The lowest BCUT2D eigenvalue weighted by Crippen LogP contribution is -2.72. The molecule has 5 nitrogen and oxygen atoms in total. The first kappa shape index (κ1) is 17.7. The second kappa shape index (κ2) is 7.10. The second-order valence-corrected chi connectivity index (χ2v) is 7.92. The normalized spacial score (nSPS) is 28.9. The van der Waals surface area contributed by atoms with Crippen molar-refractivity contribution in [1.29, 1.82) is 0 Å². The number of para-hydroxylation sites is 1. The molecular weight excluding hydrogens is 326 g/mol. The molecule has 3 unspecified atom stereocenters. The van der Waals surface area contributed by atoms with Crippen LogP contribution in [0.5, 0.6) is 5.75 Å². The summed E-state index contributed by atoms with van der Waals surface area (Å²) in [7, 11) is 3.84. The molecule has 1 spiro atoms. The lowest BCUT2D eigenvalue weighted by atomic mass is 9.46. The van der Waals surface area contributed by atoms with E-state index in [0.29, 0.717) is 23.5 Å². The number of ether oxygens (including phenoxy) is 2. The summed E-state index contributed by atoms with van der Waals surface area (Å²) in [4.78, 5) is 7.00. The van der Waals surface area contributed by atoms with Gasteiger partial charge in [-0.2, -0.15) is 0 Å². The summed E-state index contributed by atoms with van der Waals surface area (Å²) in [5.41, 5.74) is 1.54. The molecule has 1 saturated heterocycles. The highest BCUT2D eigenvalue weighted by atomic mass is 16.5. The highest BCUT2D eigenvalue weighted by Crippen LogP contribution is 2.62. The van der Waals surface area contributed by atoms with E-state index in [1.807, 2.05) is 12.1 Å². The van der Waals surface area contributed by atoms with Crippen LogP contribution in [-0.4, -0.2) is 50.3 Å². The zero-order chi connectivity index (χ0) is 18.1. The summed E-state index contributed by atoms with van der Waals surface area (Å²) < 4.78 is 11.6. The molecule has 142 valence electrons. The maximum Gasteiger partial charge on any atom is 0.194 e. The number of nitrogens with zero attached hydrogens (tertiary/aromatic N) is 2. The van der Waals surface area contributed by atoms with Crippen molar-refractivity contribution in [2.75, 3.05) is 27.3 Å². The molecule has 1 aromatic carbocycles. The Hall–Kier alpha value is -1.75. The molecule has 0 bridgehead atoms. The number of hydrogen-bond donors (Lipinski definition) is 1. The molecule has 1 heterocycles. The molecule has 1 N–H and O–H groups in total. The average Bonchev–Trinajstić information content (AvgIpc) is 3.02. The maximum absolute atomic E-state index is 6.06. The van der Waals surface area contributed by atoms with Crippen molar-refractivity contribution in [3.63, 3.8) is 0 Å². The molecule has 5 heteroatoms. The maximum atomic E-state index is 6.06. The van der Waals surface area contributed by atoms with E-state index in [0.717, 1.165) is 31.4 Å². The third-order valence-corrected chi connectivity index (χ3v) is 6.59. The Bertz CT molecular complexity index is 671. The topological polar surface area (TPSA) is 46.1 Å². The van der Waals surface area contributed by atoms with Crippen LogP contribution in [0.4, 0.5) is 0 Å². The van der Waals surface area contributed by atoms with Gasteiger partial charge >= 0.3 is 0 Å². The van der Waals surface area contributed by atoms with Crippen LogP contribution in [0.2, 0.25) is 0 Å². The van der Waals surface area contributed by atoms with Crippen molar-refractivity contribution in [2.45, 2.75) is 51.3 Å². The van der Waals surface area contributed by atoms with Gasteiger partial charge in [0.15, 0.2) is 5.96 Å². The number of nitrogens with one attached hydrogen (secondary N) is 1. The molecule has 0 radical (unpaired) electrons. The smallest absolute Gasteiger partial charge is 0.194 e. The Morgan fingerprint density at radius 3 is 2.88 bits per heavy atom. The van der Waals surface area contributed by atoms with Gasteiger partial charge in [-0.1, -0.05) is 24.6 Å². The van der Waals surface area contributed by atoms with Crippen molar-refractivity contribution in [3.05, 3.63) is 29.8 Å². The summed E-state index contributed by atoms with van der Waals surface area (Å²) in [6.07, 6.45) is 5.58. The number of hydrogen-bond acceptors (Lipinski definition) is 3. The molecule has 2 saturated carbocycles. The van der Waals surface area contributed by atoms with E-state index in [1.54, 1.807) is 7.11 Å². The SMILES string of the molecule is CCN=C(NC1C2CCOC2C12CCC2)N(C)Cc1ccccc1OC. The standard InChI is InChI=1S/C21H31N3O2/c1-4-22-20(24(2)14-15-8-5-6-9-17(15)25-3)23-18-16-10-13-26-19(16)21(18)11-7-12-21/h5-6,8-9,16,18-19H,4,7,10-14H2,1-3H3,(H,22,23). The molecule has 3 aliphatic rings. The number of benzene rings is 1. The number of aliphatic imine (C=N–C) groups is 1. The second-order valence-electron chi connectivity index (χ2n) is 7.92. The monoisotopic (exact) mass is 357 g/mol. The van der Waals surface area contributed by atoms with Gasteiger partial charge in [0.05, 0.1) is 13.2 Å².